The number of hydrogen-bond donors (Lipinski definition) is 2. The van der Waals surface area contributed by atoms with Crippen LogP contribution in [0.15, 0.2) is 0 Å². The first kappa shape index (κ1) is 10.5. The van der Waals surface area contributed by atoms with Crippen LogP contribution < -0.4 is 11.1 Å². The first-order chi connectivity index (χ1) is 6.24. The topological polar surface area (TPSA) is 58.4 Å². The quantitative estimate of drug-likeness (QED) is 0.589. The smallest absolute Gasteiger partial charge is 0.221 e. The van der Waals surface area contributed by atoms with Crippen molar-refractivity contribution in [1.29, 1.82) is 0 Å². The molecule has 4 nitrogen and oxygen atoms in total. The molecule has 76 valence electrons. The average Bonchev–Trinajstić information content (AvgIpc) is 2.86. The lowest BCUT2D eigenvalue weighted by atomic mass is 10.4. The standard InChI is InChI=1S/C9H19N3O/c1-12(8-2-3-8)7-6-11-9(13)4-5-10/h8H,2-7,10H2,1H3,(H,11,13). The third-order valence-corrected chi connectivity index (χ3v) is 2.33. The molecule has 0 aromatic heterocycles. The third kappa shape index (κ3) is 4.24. The number of carbonyl (C=O) groups is 1. The minimum Gasteiger partial charge on any atom is -0.355 e. The van der Waals surface area contributed by atoms with Crippen molar-refractivity contribution in [2.24, 2.45) is 5.73 Å². The lowest BCUT2D eigenvalue weighted by Gasteiger charge is -2.15. The molecular formula is C9H19N3O. The molecule has 0 unspecified atom stereocenters. The van der Waals surface area contributed by atoms with Gasteiger partial charge in [-0.15, -0.1) is 0 Å². The maximum atomic E-state index is 11.0. The van der Waals surface area contributed by atoms with Gasteiger partial charge in [0.15, 0.2) is 0 Å². The van der Waals surface area contributed by atoms with Crippen LogP contribution in [0.1, 0.15) is 19.3 Å². The van der Waals surface area contributed by atoms with Crippen LogP contribution in [-0.4, -0.2) is 43.5 Å². The van der Waals surface area contributed by atoms with Gasteiger partial charge in [-0.2, -0.15) is 0 Å². The van der Waals surface area contributed by atoms with Gasteiger partial charge >= 0.3 is 0 Å². The molecule has 0 atom stereocenters. The van der Waals surface area contributed by atoms with E-state index in [9.17, 15) is 4.79 Å². The van der Waals surface area contributed by atoms with Gasteiger partial charge in [-0.25, -0.2) is 0 Å². The van der Waals surface area contributed by atoms with Crippen molar-refractivity contribution >= 4 is 5.91 Å². The molecule has 0 bridgehead atoms. The maximum absolute atomic E-state index is 11.0. The molecule has 13 heavy (non-hydrogen) atoms. The van der Waals surface area contributed by atoms with Crippen molar-refractivity contribution in [2.75, 3.05) is 26.7 Å². The SMILES string of the molecule is CN(CCNC(=O)CCN)C1CC1. The summed E-state index contributed by atoms with van der Waals surface area (Å²) < 4.78 is 0. The highest BCUT2D eigenvalue weighted by atomic mass is 16.1. The van der Waals surface area contributed by atoms with Gasteiger partial charge in [0.25, 0.3) is 0 Å². The second kappa shape index (κ2) is 5.19. The summed E-state index contributed by atoms with van der Waals surface area (Å²) in [5, 5.41) is 2.84. The molecule has 1 aliphatic carbocycles. The summed E-state index contributed by atoms with van der Waals surface area (Å²) in [5.41, 5.74) is 5.25. The van der Waals surface area contributed by atoms with Crippen molar-refractivity contribution < 1.29 is 4.79 Å². The Morgan fingerprint density at radius 2 is 2.31 bits per heavy atom. The first-order valence-corrected chi connectivity index (χ1v) is 4.91. The van der Waals surface area contributed by atoms with Crippen molar-refractivity contribution in [1.82, 2.24) is 10.2 Å². The predicted molar refractivity (Wildman–Crippen MR) is 52.3 cm³/mol. The van der Waals surface area contributed by atoms with Crippen molar-refractivity contribution in [2.45, 2.75) is 25.3 Å². The van der Waals surface area contributed by atoms with E-state index < -0.39 is 0 Å². The van der Waals surface area contributed by atoms with E-state index in [4.69, 9.17) is 5.73 Å². The van der Waals surface area contributed by atoms with Gasteiger partial charge in [-0.3, -0.25) is 4.79 Å². The van der Waals surface area contributed by atoms with Gasteiger partial charge < -0.3 is 16.0 Å². The number of amides is 1. The minimum atomic E-state index is 0.0618. The Balaban J connectivity index is 1.96. The predicted octanol–water partition coefficient (Wildman–Crippen LogP) is -0.454. The van der Waals surface area contributed by atoms with E-state index in [0.717, 1.165) is 19.1 Å². The highest BCUT2D eigenvalue weighted by Crippen LogP contribution is 2.24. The van der Waals surface area contributed by atoms with E-state index in [0.29, 0.717) is 13.0 Å². The number of rotatable bonds is 6. The number of nitrogens with one attached hydrogen (secondary N) is 1. The molecule has 1 amide bonds. The summed E-state index contributed by atoms with van der Waals surface area (Å²) in [7, 11) is 2.10. The zero-order chi connectivity index (χ0) is 9.68. The van der Waals surface area contributed by atoms with Crippen molar-refractivity contribution in [3.05, 3.63) is 0 Å². The lowest BCUT2D eigenvalue weighted by molar-refractivity contribution is -0.120. The molecule has 0 aliphatic heterocycles. The fourth-order valence-corrected chi connectivity index (χ4v) is 1.29. The molecule has 0 aromatic carbocycles. The highest BCUT2D eigenvalue weighted by molar-refractivity contribution is 5.75. The van der Waals surface area contributed by atoms with E-state index in [1.165, 1.54) is 12.8 Å². The lowest BCUT2D eigenvalue weighted by Crippen LogP contribution is -2.34. The normalized spacial score (nSPS) is 16.2. The molecule has 1 rings (SSSR count). The number of carbonyl (C=O) groups excluding carboxylic acids is 1. The van der Waals surface area contributed by atoms with E-state index in [1.54, 1.807) is 0 Å². The molecule has 4 heteroatoms. The number of nitrogens with zero attached hydrogens (tertiary/aromatic N) is 1. The van der Waals surface area contributed by atoms with Gasteiger partial charge in [0.1, 0.15) is 0 Å². The van der Waals surface area contributed by atoms with Gasteiger partial charge in [0.2, 0.25) is 5.91 Å². The molecule has 0 radical (unpaired) electrons. The second-order valence-corrected chi connectivity index (χ2v) is 3.60. The van der Waals surface area contributed by atoms with Crippen molar-refractivity contribution in [3.63, 3.8) is 0 Å². The Bertz CT molecular complexity index is 168. The Hall–Kier alpha value is -0.610. The monoisotopic (exact) mass is 185 g/mol. The summed E-state index contributed by atoms with van der Waals surface area (Å²) >= 11 is 0. The largest absolute Gasteiger partial charge is 0.355 e. The first-order valence-electron chi connectivity index (χ1n) is 4.91. The van der Waals surface area contributed by atoms with Crippen molar-refractivity contribution in [3.8, 4) is 0 Å². The molecule has 0 heterocycles. The Morgan fingerprint density at radius 1 is 1.62 bits per heavy atom. The van der Waals surface area contributed by atoms with E-state index in [-0.39, 0.29) is 5.91 Å². The van der Waals surface area contributed by atoms with Gasteiger partial charge in [0.05, 0.1) is 0 Å². The fraction of sp³-hybridized carbons (Fsp3) is 0.889. The van der Waals surface area contributed by atoms with E-state index in [2.05, 4.69) is 17.3 Å². The molecule has 3 N–H and O–H groups in total. The van der Waals surface area contributed by atoms with Crippen LogP contribution >= 0.6 is 0 Å². The maximum Gasteiger partial charge on any atom is 0.221 e. The van der Waals surface area contributed by atoms with Crippen LogP contribution in [-0.2, 0) is 4.79 Å². The molecule has 1 saturated carbocycles. The Labute approximate surface area is 79.5 Å². The van der Waals surface area contributed by atoms with Crippen LogP contribution in [0.25, 0.3) is 0 Å². The summed E-state index contributed by atoms with van der Waals surface area (Å²) in [6, 6.07) is 0.770. The van der Waals surface area contributed by atoms with Gasteiger partial charge in [-0.1, -0.05) is 0 Å². The summed E-state index contributed by atoms with van der Waals surface area (Å²) in [6.45, 7) is 2.12. The van der Waals surface area contributed by atoms with Gasteiger partial charge in [-0.05, 0) is 19.9 Å². The molecule has 0 aromatic rings. The summed E-state index contributed by atoms with van der Waals surface area (Å²) in [6.07, 6.45) is 3.06. The fourth-order valence-electron chi connectivity index (χ4n) is 1.29. The molecule has 0 saturated heterocycles. The Morgan fingerprint density at radius 3 is 2.85 bits per heavy atom. The second-order valence-electron chi connectivity index (χ2n) is 3.60. The molecule has 1 fully saturated rings. The number of likely N-dealkylation sites (N-methyl/N-ethyl adjacent to an activating group) is 1. The van der Waals surface area contributed by atoms with Crippen LogP contribution in [0.5, 0.6) is 0 Å². The van der Waals surface area contributed by atoms with Gasteiger partial charge in [0, 0.05) is 32.1 Å². The number of nitrogens with two attached hydrogens (primary N) is 1. The Kier molecular flexibility index (Phi) is 4.18. The average molecular weight is 185 g/mol. The van der Waals surface area contributed by atoms with E-state index >= 15 is 0 Å². The van der Waals surface area contributed by atoms with Crippen LogP contribution in [0.4, 0.5) is 0 Å². The summed E-state index contributed by atoms with van der Waals surface area (Å²) in [4.78, 5) is 13.3. The zero-order valence-corrected chi connectivity index (χ0v) is 8.25. The van der Waals surface area contributed by atoms with Crippen LogP contribution in [0.2, 0.25) is 0 Å². The van der Waals surface area contributed by atoms with Crippen LogP contribution in [0.3, 0.4) is 0 Å². The molecule has 1 aliphatic rings. The summed E-state index contributed by atoms with van der Waals surface area (Å²) in [5.74, 6) is 0.0618. The minimum absolute atomic E-state index is 0.0618. The molecular weight excluding hydrogens is 166 g/mol. The molecule has 0 spiro atoms. The number of hydrogen-bond acceptors (Lipinski definition) is 3. The van der Waals surface area contributed by atoms with Crippen LogP contribution in [0, 0.1) is 0 Å². The zero-order valence-electron chi connectivity index (χ0n) is 8.25. The van der Waals surface area contributed by atoms with E-state index in [1.807, 2.05) is 0 Å². The third-order valence-electron chi connectivity index (χ3n) is 2.33. The highest BCUT2D eigenvalue weighted by Gasteiger charge is 2.25.